The lowest BCUT2D eigenvalue weighted by atomic mass is 10.1. The lowest BCUT2D eigenvalue weighted by Gasteiger charge is -2.29. The van der Waals surface area contributed by atoms with Gasteiger partial charge in [-0.15, -0.1) is 0 Å². The molecule has 1 saturated heterocycles. The van der Waals surface area contributed by atoms with Crippen molar-refractivity contribution in [2.45, 2.75) is 31.8 Å². The van der Waals surface area contributed by atoms with Crippen LogP contribution in [0.5, 0.6) is 0 Å². The Kier molecular flexibility index (Phi) is 4.73. The number of benzene rings is 1. The molecule has 2 aromatic rings. The molecule has 0 saturated carbocycles. The summed E-state index contributed by atoms with van der Waals surface area (Å²) < 4.78 is 26.9. The van der Waals surface area contributed by atoms with Gasteiger partial charge in [0.2, 0.25) is 5.91 Å². The van der Waals surface area contributed by atoms with Crippen molar-refractivity contribution < 1.29 is 13.6 Å². The molecule has 23 heavy (non-hydrogen) atoms. The van der Waals surface area contributed by atoms with E-state index in [0.717, 1.165) is 37.6 Å². The quantitative estimate of drug-likeness (QED) is 0.908. The summed E-state index contributed by atoms with van der Waals surface area (Å²) in [5.74, 6) is -1.54. The molecule has 1 N–H and O–H groups in total. The number of thiophene rings is 1. The van der Waals surface area contributed by atoms with Crippen LogP contribution in [0.1, 0.15) is 31.4 Å². The van der Waals surface area contributed by atoms with Gasteiger partial charge in [0.25, 0.3) is 0 Å². The number of nitrogens with one attached hydrogen (secondary N) is 1. The van der Waals surface area contributed by atoms with Crippen LogP contribution in [-0.4, -0.2) is 23.4 Å². The molecule has 122 valence electrons. The third kappa shape index (κ3) is 3.43. The average molecular weight is 336 g/mol. The molecule has 1 aliphatic heterocycles. The molecule has 0 spiro atoms. The Morgan fingerprint density at radius 1 is 1.39 bits per heavy atom. The van der Waals surface area contributed by atoms with Gasteiger partial charge in [-0.1, -0.05) is 0 Å². The predicted molar refractivity (Wildman–Crippen MR) is 87.4 cm³/mol. The largest absolute Gasteiger partial charge is 0.322 e. The van der Waals surface area contributed by atoms with E-state index < -0.39 is 17.7 Å². The fraction of sp³-hybridized carbons (Fsp3) is 0.353. The summed E-state index contributed by atoms with van der Waals surface area (Å²) >= 11 is 1.64. The Morgan fingerprint density at radius 2 is 2.22 bits per heavy atom. The van der Waals surface area contributed by atoms with E-state index >= 15 is 0 Å². The molecule has 3 rings (SSSR count). The molecule has 1 aromatic carbocycles. The van der Waals surface area contributed by atoms with E-state index in [-0.39, 0.29) is 17.6 Å². The maximum Gasteiger partial charge on any atom is 0.241 e. The molecule has 2 atom stereocenters. The standard InChI is InChI=1S/C17H18F2N2OS/c1-11(17(22)20-15-9-13(18)4-5-14(15)19)21-7-2-3-16(21)12-6-8-23-10-12/h4-6,8-11,16H,2-3,7H2,1H3,(H,20,22)/t11-,16+/m0/s1. The number of likely N-dealkylation sites (tertiary alicyclic amines) is 1. The van der Waals surface area contributed by atoms with Gasteiger partial charge in [-0.2, -0.15) is 11.3 Å². The molecule has 0 aliphatic carbocycles. The van der Waals surface area contributed by atoms with Gasteiger partial charge in [-0.3, -0.25) is 9.69 Å². The second kappa shape index (κ2) is 6.76. The van der Waals surface area contributed by atoms with Crippen LogP contribution in [0, 0.1) is 11.6 Å². The van der Waals surface area contributed by atoms with E-state index in [1.54, 1.807) is 18.3 Å². The maximum absolute atomic E-state index is 13.7. The summed E-state index contributed by atoms with van der Waals surface area (Å²) in [5.41, 5.74) is 1.09. The van der Waals surface area contributed by atoms with Gasteiger partial charge >= 0.3 is 0 Å². The van der Waals surface area contributed by atoms with Crippen LogP contribution in [0.15, 0.2) is 35.0 Å². The second-order valence-corrected chi connectivity index (χ2v) is 6.52. The van der Waals surface area contributed by atoms with Crippen LogP contribution in [0.25, 0.3) is 0 Å². The molecule has 0 radical (unpaired) electrons. The lowest BCUT2D eigenvalue weighted by Crippen LogP contribution is -2.41. The van der Waals surface area contributed by atoms with Crippen molar-refractivity contribution in [2.75, 3.05) is 11.9 Å². The number of hydrogen-bond donors (Lipinski definition) is 1. The topological polar surface area (TPSA) is 32.3 Å². The zero-order chi connectivity index (χ0) is 16.4. The molecule has 0 unspecified atom stereocenters. The molecule has 1 amide bonds. The van der Waals surface area contributed by atoms with Crippen molar-refractivity contribution in [2.24, 2.45) is 0 Å². The van der Waals surface area contributed by atoms with E-state index in [1.807, 2.05) is 5.38 Å². The lowest BCUT2D eigenvalue weighted by molar-refractivity contribution is -0.121. The van der Waals surface area contributed by atoms with Crippen LogP contribution in [0.3, 0.4) is 0 Å². The second-order valence-electron chi connectivity index (χ2n) is 5.74. The first-order valence-corrected chi connectivity index (χ1v) is 8.54. The molecule has 1 aliphatic rings. The predicted octanol–water partition coefficient (Wildman–Crippen LogP) is 4.19. The monoisotopic (exact) mass is 336 g/mol. The smallest absolute Gasteiger partial charge is 0.241 e. The Morgan fingerprint density at radius 3 is 2.96 bits per heavy atom. The van der Waals surface area contributed by atoms with Gasteiger partial charge < -0.3 is 5.32 Å². The molecule has 3 nitrogen and oxygen atoms in total. The fourth-order valence-electron chi connectivity index (χ4n) is 3.06. The zero-order valence-corrected chi connectivity index (χ0v) is 13.6. The van der Waals surface area contributed by atoms with Crippen molar-refractivity contribution in [1.29, 1.82) is 0 Å². The van der Waals surface area contributed by atoms with Crippen LogP contribution in [0.2, 0.25) is 0 Å². The van der Waals surface area contributed by atoms with E-state index in [0.29, 0.717) is 0 Å². The molecule has 2 heterocycles. The van der Waals surface area contributed by atoms with Gasteiger partial charge in [0.1, 0.15) is 11.6 Å². The Hall–Kier alpha value is -1.79. The van der Waals surface area contributed by atoms with Crippen molar-refractivity contribution in [3.8, 4) is 0 Å². The van der Waals surface area contributed by atoms with Gasteiger partial charge in [0.05, 0.1) is 11.7 Å². The highest BCUT2D eigenvalue weighted by atomic mass is 32.1. The van der Waals surface area contributed by atoms with Crippen molar-refractivity contribution >= 4 is 22.9 Å². The number of rotatable bonds is 4. The number of anilines is 1. The minimum Gasteiger partial charge on any atom is -0.322 e. The number of hydrogen-bond acceptors (Lipinski definition) is 3. The van der Waals surface area contributed by atoms with Crippen molar-refractivity contribution in [1.82, 2.24) is 4.90 Å². The number of nitrogens with zero attached hydrogens (tertiary/aromatic N) is 1. The first kappa shape index (κ1) is 16.1. The molecule has 0 bridgehead atoms. The van der Waals surface area contributed by atoms with Gasteiger partial charge in [0.15, 0.2) is 0 Å². The van der Waals surface area contributed by atoms with Crippen LogP contribution >= 0.6 is 11.3 Å². The summed E-state index contributed by atoms with van der Waals surface area (Å²) in [4.78, 5) is 14.6. The molecular weight excluding hydrogens is 318 g/mol. The van der Waals surface area contributed by atoms with Gasteiger partial charge in [-0.05, 0) is 60.8 Å². The van der Waals surface area contributed by atoms with E-state index in [2.05, 4.69) is 21.7 Å². The average Bonchev–Trinajstić information content (AvgIpc) is 3.20. The summed E-state index contributed by atoms with van der Waals surface area (Å²) in [6.45, 7) is 2.62. The number of amides is 1. The van der Waals surface area contributed by atoms with Crippen molar-refractivity contribution in [3.63, 3.8) is 0 Å². The first-order valence-electron chi connectivity index (χ1n) is 7.60. The van der Waals surface area contributed by atoms with Crippen LogP contribution < -0.4 is 5.32 Å². The number of halogens is 2. The molecule has 6 heteroatoms. The maximum atomic E-state index is 13.7. The molecule has 1 fully saturated rings. The minimum absolute atomic E-state index is 0.117. The third-order valence-electron chi connectivity index (χ3n) is 4.29. The van der Waals surface area contributed by atoms with E-state index in [9.17, 15) is 13.6 Å². The summed E-state index contributed by atoms with van der Waals surface area (Å²) in [6, 6.07) is 4.91. The first-order chi connectivity index (χ1) is 11.1. The van der Waals surface area contributed by atoms with E-state index in [4.69, 9.17) is 0 Å². The third-order valence-corrected chi connectivity index (χ3v) is 4.99. The summed E-state index contributed by atoms with van der Waals surface area (Å²) in [7, 11) is 0. The Labute approximate surface area is 137 Å². The minimum atomic E-state index is -0.636. The normalized spacial score (nSPS) is 19.7. The molecular formula is C17H18F2N2OS. The highest BCUT2D eigenvalue weighted by Gasteiger charge is 2.33. The van der Waals surface area contributed by atoms with Crippen LogP contribution in [0.4, 0.5) is 14.5 Å². The van der Waals surface area contributed by atoms with Crippen molar-refractivity contribution in [3.05, 3.63) is 52.2 Å². The SMILES string of the molecule is C[C@@H](C(=O)Nc1cc(F)ccc1F)N1CCC[C@@H]1c1ccsc1. The fourth-order valence-corrected chi connectivity index (χ4v) is 3.76. The zero-order valence-electron chi connectivity index (χ0n) is 12.8. The summed E-state index contributed by atoms with van der Waals surface area (Å²) in [5, 5.41) is 6.62. The highest BCUT2D eigenvalue weighted by molar-refractivity contribution is 7.07. The molecule has 1 aromatic heterocycles. The van der Waals surface area contributed by atoms with E-state index in [1.165, 1.54) is 5.56 Å². The Bertz CT molecular complexity index is 690. The van der Waals surface area contributed by atoms with Gasteiger partial charge in [-0.25, -0.2) is 8.78 Å². The summed E-state index contributed by atoms with van der Waals surface area (Å²) in [6.07, 6.45) is 2.02. The van der Waals surface area contributed by atoms with Gasteiger partial charge in [0, 0.05) is 12.1 Å². The Balaban J connectivity index is 1.73. The highest BCUT2D eigenvalue weighted by Crippen LogP contribution is 2.34. The van der Waals surface area contributed by atoms with Crippen LogP contribution in [-0.2, 0) is 4.79 Å². The number of carbonyl (C=O) groups is 1. The number of carbonyl (C=O) groups excluding carboxylic acids is 1.